The van der Waals surface area contributed by atoms with Gasteiger partial charge in [-0.2, -0.15) is 0 Å². The van der Waals surface area contributed by atoms with Crippen molar-refractivity contribution in [3.63, 3.8) is 0 Å². The van der Waals surface area contributed by atoms with E-state index >= 15 is 0 Å². The monoisotopic (exact) mass is 687 g/mol. The van der Waals surface area contributed by atoms with Crippen molar-refractivity contribution in [1.82, 2.24) is 5.32 Å². The van der Waals surface area contributed by atoms with Crippen molar-refractivity contribution >= 4 is 19.7 Å². The zero-order valence-electron chi connectivity index (χ0n) is 30.0. The Morgan fingerprint density at radius 3 is 1.72 bits per heavy atom. The standard InChI is InChI=1S/C37H70NO8P/c1-3-5-7-9-11-13-15-16-17-18-19-20-22-24-26-28-30-37(41)44-33-35(39)34-46-47(42,43)45-32-31-38-36(40)29-27-25-23-21-14-12-10-8-6-4-2/h13,15,17-18,35,39H,3-12,14,16,19-34H2,1-2H3,(H,38,40)(H,42,43)/b15-13-,18-17-. The number of aliphatic hydroxyl groups is 1. The Kier molecular flexibility index (Phi) is 33.3. The van der Waals surface area contributed by atoms with Crippen molar-refractivity contribution in [2.75, 3.05) is 26.4 Å². The fourth-order valence-electron chi connectivity index (χ4n) is 5.00. The SMILES string of the molecule is CCCCCC/C=C\C/C=C\CCCCCCCC(=O)OCC(O)COP(=O)(O)OCCNC(=O)CCCCCCCCCCCC. The molecule has 0 fully saturated rings. The van der Waals surface area contributed by atoms with Crippen LogP contribution in [0.2, 0.25) is 0 Å². The van der Waals surface area contributed by atoms with E-state index in [2.05, 4.69) is 43.5 Å². The largest absolute Gasteiger partial charge is 0.472 e. The molecule has 0 aromatic rings. The minimum atomic E-state index is -4.41. The highest BCUT2D eigenvalue weighted by Gasteiger charge is 2.23. The van der Waals surface area contributed by atoms with E-state index < -0.39 is 26.5 Å². The summed E-state index contributed by atoms with van der Waals surface area (Å²) >= 11 is 0. The molecule has 47 heavy (non-hydrogen) atoms. The lowest BCUT2D eigenvalue weighted by molar-refractivity contribution is -0.147. The van der Waals surface area contributed by atoms with Crippen molar-refractivity contribution < 1.29 is 37.9 Å². The molecule has 0 aliphatic heterocycles. The normalized spacial score (nSPS) is 13.7. The predicted molar refractivity (Wildman–Crippen MR) is 192 cm³/mol. The van der Waals surface area contributed by atoms with Gasteiger partial charge in [-0.3, -0.25) is 18.6 Å². The topological polar surface area (TPSA) is 131 Å². The molecule has 0 radical (unpaired) electrons. The first-order valence-corrected chi connectivity index (χ1v) is 20.3. The number of hydrogen-bond donors (Lipinski definition) is 3. The third-order valence-electron chi connectivity index (χ3n) is 7.88. The maximum atomic E-state index is 12.0. The number of nitrogens with one attached hydrogen (secondary N) is 1. The van der Waals surface area contributed by atoms with E-state index in [1.165, 1.54) is 77.0 Å². The molecule has 0 spiro atoms. The van der Waals surface area contributed by atoms with Crippen LogP contribution in [-0.4, -0.2) is 54.3 Å². The summed E-state index contributed by atoms with van der Waals surface area (Å²) in [5.74, 6) is -0.531. The van der Waals surface area contributed by atoms with Crippen LogP contribution in [0.1, 0.15) is 168 Å². The van der Waals surface area contributed by atoms with Crippen molar-refractivity contribution in [1.29, 1.82) is 0 Å². The predicted octanol–water partition coefficient (Wildman–Crippen LogP) is 9.65. The number of hydrogen-bond acceptors (Lipinski definition) is 7. The number of phosphoric acid groups is 1. The Bertz CT molecular complexity index is 835. The summed E-state index contributed by atoms with van der Waals surface area (Å²) in [7, 11) is -4.41. The van der Waals surface area contributed by atoms with Gasteiger partial charge in [-0.25, -0.2) is 4.57 Å². The molecular formula is C37H70NO8P. The van der Waals surface area contributed by atoms with E-state index in [4.69, 9.17) is 13.8 Å². The minimum absolute atomic E-state index is 0.0822. The van der Waals surface area contributed by atoms with Crippen LogP contribution in [0.5, 0.6) is 0 Å². The third kappa shape index (κ3) is 35.6. The number of amides is 1. The van der Waals surface area contributed by atoms with Crippen LogP contribution in [-0.2, 0) is 27.9 Å². The summed E-state index contributed by atoms with van der Waals surface area (Å²) in [6.07, 6.45) is 33.9. The number of carbonyl (C=O) groups is 2. The second-order valence-corrected chi connectivity index (χ2v) is 14.0. The van der Waals surface area contributed by atoms with E-state index in [0.29, 0.717) is 6.42 Å². The molecular weight excluding hydrogens is 617 g/mol. The van der Waals surface area contributed by atoms with Gasteiger partial charge in [-0.1, -0.05) is 134 Å². The second kappa shape index (κ2) is 34.4. The summed E-state index contributed by atoms with van der Waals surface area (Å²) in [5, 5.41) is 12.6. The van der Waals surface area contributed by atoms with Crippen LogP contribution in [0.3, 0.4) is 0 Å². The Hall–Kier alpha value is -1.51. The van der Waals surface area contributed by atoms with Gasteiger partial charge < -0.3 is 20.1 Å². The molecule has 0 aromatic heterocycles. The van der Waals surface area contributed by atoms with Gasteiger partial charge in [0.25, 0.3) is 0 Å². The number of esters is 1. The van der Waals surface area contributed by atoms with E-state index in [1.54, 1.807) is 0 Å². The molecule has 0 aliphatic rings. The van der Waals surface area contributed by atoms with Gasteiger partial charge in [-0.15, -0.1) is 0 Å². The lowest BCUT2D eigenvalue weighted by Gasteiger charge is -2.15. The summed E-state index contributed by atoms with van der Waals surface area (Å²) in [5.41, 5.74) is 0. The molecule has 2 atom stereocenters. The van der Waals surface area contributed by atoms with Crippen molar-refractivity contribution in [2.45, 2.75) is 174 Å². The quantitative estimate of drug-likeness (QED) is 0.0260. The number of phosphoric ester groups is 1. The van der Waals surface area contributed by atoms with Gasteiger partial charge in [0.05, 0.1) is 13.2 Å². The number of aliphatic hydroxyl groups excluding tert-OH is 1. The average molecular weight is 688 g/mol. The third-order valence-corrected chi connectivity index (χ3v) is 8.87. The Labute approximate surface area is 287 Å². The summed E-state index contributed by atoms with van der Waals surface area (Å²) in [6.45, 7) is 3.50. The maximum absolute atomic E-state index is 12.0. The van der Waals surface area contributed by atoms with Crippen LogP contribution in [0.4, 0.5) is 0 Å². The molecule has 0 saturated carbocycles. The zero-order chi connectivity index (χ0) is 34.7. The molecule has 0 heterocycles. The minimum Gasteiger partial charge on any atom is -0.463 e. The van der Waals surface area contributed by atoms with Gasteiger partial charge in [0.15, 0.2) is 0 Å². The van der Waals surface area contributed by atoms with Gasteiger partial charge >= 0.3 is 13.8 Å². The van der Waals surface area contributed by atoms with E-state index in [9.17, 15) is 24.2 Å². The van der Waals surface area contributed by atoms with Gasteiger partial charge in [-0.05, 0) is 44.9 Å². The molecule has 2 unspecified atom stereocenters. The van der Waals surface area contributed by atoms with Gasteiger partial charge in [0.1, 0.15) is 12.7 Å². The summed E-state index contributed by atoms with van der Waals surface area (Å²) < 4.78 is 26.7. The first-order valence-electron chi connectivity index (χ1n) is 18.8. The van der Waals surface area contributed by atoms with Crippen LogP contribution in [0.15, 0.2) is 24.3 Å². The van der Waals surface area contributed by atoms with Crippen LogP contribution < -0.4 is 5.32 Å². The Morgan fingerprint density at radius 2 is 1.15 bits per heavy atom. The highest BCUT2D eigenvalue weighted by atomic mass is 31.2. The van der Waals surface area contributed by atoms with E-state index in [0.717, 1.165) is 64.2 Å². The van der Waals surface area contributed by atoms with Crippen LogP contribution in [0.25, 0.3) is 0 Å². The summed E-state index contributed by atoms with van der Waals surface area (Å²) in [4.78, 5) is 33.7. The molecule has 1 amide bonds. The van der Waals surface area contributed by atoms with Crippen LogP contribution >= 0.6 is 7.82 Å². The van der Waals surface area contributed by atoms with Crippen molar-refractivity contribution in [3.05, 3.63) is 24.3 Å². The first kappa shape index (κ1) is 45.5. The van der Waals surface area contributed by atoms with Gasteiger partial charge in [0, 0.05) is 19.4 Å². The molecule has 0 aliphatic carbocycles. The lowest BCUT2D eigenvalue weighted by Crippen LogP contribution is -2.27. The smallest absolute Gasteiger partial charge is 0.463 e. The average Bonchev–Trinajstić information content (AvgIpc) is 3.05. The van der Waals surface area contributed by atoms with E-state index in [-0.39, 0.29) is 32.1 Å². The van der Waals surface area contributed by atoms with E-state index in [1.807, 2.05) is 0 Å². The second-order valence-electron chi connectivity index (χ2n) is 12.6. The number of rotatable bonds is 35. The lowest BCUT2D eigenvalue weighted by atomic mass is 10.1. The number of ether oxygens (including phenoxy) is 1. The zero-order valence-corrected chi connectivity index (χ0v) is 30.9. The molecule has 10 heteroatoms. The number of unbranched alkanes of at least 4 members (excludes halogenated alkanes) is 18. The Balaban J connectivity index is 3.65. The molecule has 0 aromatic carbocycles. The van der Waals surface area contributed by atoms with Crippen LogP contribution in [0, 0.1) is 0 Å². The molecule has 0 rings (SSSR count). The van der Waals surface area contributed by atoms with Crippen molar-refractivity contribution in [3.8, 4) is 0 Å². The fraction of sp³-hybridized carbons (Fsp3) is 0.838. The molecule has 276 valence electrons. The molecule has 9 nitrogen and oxygen atoms in total. The summed E-state index contributed by atoms with van der Waals surface area (Å²) in [6, 6.07) is 0. The molecule has 3 N–H and O–H groups in total. The van der Waals surface area contributed by atoms with Crippen molar-refractivity contribution in [2.24, 2.45) is 0 Å². The molecule has 0 bridgehead atoms. The van der Waals surface area contributed by atoms with Gasteiger partial charge in [0.2, 0.25) is 5.91 Å². The highest BCUT2D eigenvalue weighted by molar-refractivity contribution is 7.47. The number of allylic oxidation sites excluding steroid dienone is 4. The highest BCUT2D eigenvalue weighted by Crippen LogP contribution is 2.42. The maximum Gasteiger partial charge on any atom is 0.472 e. The molecule has 0 saturated heterocycles. The first-order chi connectivity index (χ1) is 22.8. The Morgan fingerprint density at radius 1 is 0.660 bits per heavy atom. The fourth-order valence-corrected chi connectivity index (χ4v) is 5.75. The number of carbonyl (C=O) groups excluding carboxylic acids is 2.